The lowest BCUT2D eigenvalue weighted by Crippen LogP contribution is -2.48. The van der Waals surface area contributed by atoms with Crippen molar-refractivity contribution in [1.82, 2.24) is 10.3 Å². The Bertz CT molecular complexity index is 262. The molecule has 1 aliphatic carbocycles. The van der Waals surface area contributed by atoms with Crippen molar-refractivity contribution in [2.24, 2.45) is 16.8 Å². The largest absolute Gasteiger partial charge is 0.382 e. The van der Waals surface area contributed by atoms with E-state index in [1.54, 1.807) is 0 Å². The standard InChI is InChI=1S/C14H30N4O/c1-4-19-11-5-10-16-14(17-15)18(3)13-8-6-12(2)7-9-13/h12-13H,4-11,15H2,1-3H3,(H,16,17). The molecule has 0 aromatic rings. The van der Waals surface area contributed by atoms with Crippen molar-refractivity contribution in [1.29, 1.82) is 0 Å². The van der Waals surface area contributed by atoms with Gasteiger partial charge in [-0.2, -0.15) is 0 Å². The van der Waals surface area contributed by atoms with Crippen molar-refractivity contribution in [3.63, 3.8) is 0 Å². The highest BCUT2D eigenvalue weighted by atomic mass is 16.5. The van der Waals surface area contributed by atoms with E-state index in [2.05, 4.69) is 29.3 Å². The fourth-order valence-corrected chi connectivity index (χ4v) is 2.56. The third-order valence-electron chi connectivity index (χ3n) is 3.91. The van der Waals surface area contributed by atoms with Crippen LogP contribution >= 0.6 is 0 Å². The summed E-state index contributed by atoms with van der Waals surface area (Å²) in [5.41, 5.74) is 2.74. The number of rotatable bonds is 6. The summed E-state index contributed by atoms with van der Waals surface area (Å²) in [6, 6.07) is 0.567. The minimum Gasteiger partial charge on any atom is -0.382 e. The van der Waals surface area contributed by atoms with Gasteiger partial charge in [-0.15, -0.1) is 0 Å². The number of nitrogens with zero attached hydrogens (tertiary/aromatic N) is 2. The minimum atomic E-state index is 0.567. The molecule has 0 bridgehead atoms. The molecule has 0 aliphatic heterocycles. The molecule has 0 saturated heterocycles. The van der Waals surface area contributed by atoms with E-state index >= 15 is 0 Å². The van der Waals surface area contributed by atoms with Crippen LogP contribution in [0.25, 0.3) is 0 Å². The monoisotopic (exact) mass is 270 g/mol. The van der Waals surface area contributed by atoms with Crippen LogP contribution in [0.2, 0.25) is 0 Å². The predicted octanol–water partition coefficient (Wildman–Crippen LogP) is 1.74. The molecule has 1 rings (SSSR count). The summed E-state index contributed by atoms with van der Waals surface area (Å²) in [6.45, 7) is 6.63. The number of guanidine groups is 1. The minimum absolute atomic E-state index is 0.567. The Kier molecular flexibility index (Phi) is 7.82. The third-order valence-corrected chi connectivity index (χ3v) is 3.91. The van der Waals surface area contributed by atoms with Gasteiger partial charge < -0.3 is 9.64 Å². The lowest BCUT2D eigenvalue weighted by molar-refractivity contribution is 0.146. The van der Waals surface area contributed by atoms with Gasteiger partial charge in [0.2, 0.25) is 5.96 Å². The van der Waals surface area contributed by atoms with E-state index < -0.39 is 0 Å². The first-order valence-electron chi connectivity index (χ1n) is 7.50. The second-order valence-corrected chi connectivity index (χ2v) is 5.42. The van der Waals surface area contributed by atoms with E-state index in [4.69, 9.17) is 10.6 Å². The zero-order valence-corrected chi connectivity index (χ0v) is 12.7. The Morgan fingerprint density at radius 2 is 2.05 bits per heavy atom. The first kappa shape index (κ1) is 16.2. The van der Waals surface area contributed by atoms with Crippen molar-refractivity contribution < 1.29 is 4.74 Å². The summed E-state index contributed by atoms with van der Waals surface area (Å²) >= 11 is 0. The maximum atomic E-state index is 5.59. The van der Waals surface area contributed by atoms with Crippen LogP contribution in [0.1, 0.15) is 46.0 Å². The van der Waals surface area contributed by atoms with Crippen molar-refractivity contribution in [3.05, 3.63) is 0 Å². The van der Waals surface area contributed by atoms with Crippen LogP contribution in [0.5, 0.6) is 0 Å². The number of hydrogen-bond acceptors (Lipinski definition) is 3. The average Bonchev–Trinajstić information content (AvgIpc) is 2.43. The second-order valence-electron chi connectivity index (χ2n) is 5.42. The highest BCUT2D eigenvalue weighted by molar-refractivity contribution is 5.79. The summed E-state index contributed by atoms with van der Waals surface area (Å²) in [6.07, 6.45) is 6.01. The van der Waals surface area contributed by atoms with Gasteiger partial charge in [-0.05, 0) is 44.9 Å². The highest BCUT2D eigenvalue weighted by Crippen LogP contribution is 2.26. The molecule has 0 aromatic carbocycles. The van der Waals surface area contributed by atoms with E-state index in [1.165, 1.54) is 25.7 Å². The fraction of sp³-hybridized carbons (Fsp3) is 0.929. The summed E-state index contributed by atoms with van der Waals surface area (Å²) < 4.78 is 5.30. The van der Waals surface area contributed by atoms with E-state index in [-0.39, 0.29) is 0 Å². The van der Waals surface area contributed by atoms with E-state index in [0.717, 1.165) is 38.1 Å². The molecule has 1 saturated carbocycles. The molecule has 0 aromatic heterocycles. The molecular weight excluding hydrogens is 240 g/mol. The molecular formula is C14H30N4O. The van der Waals surface area contributed by atoms with Crippen molar-refractivity contribution in [2.75, 3.05) is 26.8 Å². The quantitative estimate of drug-likeness (QED) is 0.254. The number of hydrogen-bond donors (Lipinski definition) is 2. The molecule has 0 amide bonds. The van der Waals surface area contributed by atoms with Gasteiger partial charge in [0.1, 0.15) is 0 Å². The first-order chi connectivity index (χ1) is 9.19. The maximum absolute atomic E-state index is 5.59. The molecule has 0 heterocycles. The Labute approximate surface area is 117 Å². The van der Waals surface area contributed by atoms with E-state index in [1.807, 2.05) is 6.92 Å². The van der Waals surface area contributed by atoms with E-state index in [0.29, 0.717) is 6.04 Å². The van der Waals surface area contributed by atoms with Gasteiger partial charge >= 0.3 is 0 Å². The molecule has 0 unspecified atom stereocenters. The number of nitrogens with two attached hydrogens (primary N) is 1. The molecule has 1 fully saturated rings. The van der Waals surface area contributed by atoms with Crippen LogP contribution in [0.4, 0.5) is 0 Å². The van der Waals surface area contributed by atoms with E-state index in [9.17, 15) is 0 Å². The molecule has 19 heavy (non-hydrogen) atoms. The lowest BCUT2D eigenvalue weighted by Gasteiger charge is -2.35. The lowest BCUT2D eigenvalue weighted by atomic mass is 9.87. The average molecular weight is 270 g/mol. The predicted molar refractivity (Wildman–Crippen MR) is 79.9 cm³/mol. The molecule has 5 heteroatoms. The normalized spacial score (nSPS) is 24.3. The second kappa shape index (κ2) is 9.15. The summed E-state index contributed by atoms with van der Waals surface area (Å²) in [5.74, 6) is 7.26. The van der Waals surface area contributed by atoms with Crippen molar-refractivity contribution in [2.45, 2.75) is 52.0 Å². The van der Waals surface area contributed by atoms with Gasteiger partial charge in [0.15, 0.2) is 0 Å². The van der Waals surface area contributed by atoms with Crippen LogP contribution in [0.15, 0.2) is 4.99 Å². The SMILES string of the molecule is CCOCCCN=C(NN)N(C)C1CCC(C)CC1. The van der Waals surface area contributed by atoms with Crippen molar-refractivity contribution >= 4 is 5.96 Å². The van der Waals surface area contributed by atoms with Crippen LogP contribution in [-0.4, -0.2) is 43.7 Å². The van der Waals surface area contributed by atoms with Crippen LogP contribution < -0.4 is 11.3 Å². The first-order valence-corrected chi connectivity index (χ1v) is 7.50. The fourth-order valence-electron chi connectivity index (χ4n) is 2.56. The van der Waals surface area contributed by atoms with Gasteiger partial charge in [0.25, 0.3) is 0 Å². The maximum Gasteiger partial charge on any atom is 0.208 e. The van der Waals surface area contributed by atoms with Gasteiger partial charge in [0.05, 0.1) is 0 Å². The summed E-state index contributed by atoms with van der Waals surface area (Å²) in [4.78, 5) is 6.74. The third kappa shape index (κ3) is 5.78. The summed E-state index contributed by atoms with van der Waals surface area (Å²) in [5, 5.41) is 0. The molecule has 0 radical (unpaired) electrons. The van der Waals surface area contributed by atoms with Crippen LogP contribution in [0.3, 0.4) is 0 Å². The number of ether oxygens (including phenoxy) is 1. The zero-order valence-electron chi connectivity index (χ0n) is 12.7. The van der Waals surface area contributed by atoms with Gasteiger partial charge in [-0.3, -0.25) is 10.4 Å². The van der Waals surface area contributed by atoms with Gasteiger partial charge in [0, 0.05) is 32.8 Å². The molecule has 0 atom stereocenters. The highest BCUT2D eigenvalue weighted by Gasteiger charge is 2.23. The molecule has 0 spiro atoms. The Balaban J connectivity index is 2.37. The van der Waals surface area contributed by atoms with Crippen molar-refractivity contribution in [3.8, 4) is 0 Å². The number of nitrogens with one attached hydrogen (secondary N) is 1. The topological polar surface area (TPSA) is 62.9 Å². The summed E-state index contributed by atoms with van der Waals surface area (Å²) in [7, 11) is 2.09. The number of aliphatic imine (C=N–C) groups is 1. The van der Waals surface area contributed by atoms with Gasteiger partial charge in [-0.25, -0.2) is 5.84 Å². The van der Waals surface area contributed by atoms with Crippen LogP contribution in [-0.2, 0) is 4.74 Å². The molecule has 112 valence electrons. The molecule has 5 nitrogen and oxygen atoms in total. The Hall–Kier alpha value is -0.810. The Morgan fingerprint density at radius 3 is 2.63 bits per heavy atom. The Morgan fingerprint density at radius 1 is 1.37 bits per heavy atom. The number of hydrazine groups is 1. The van der Waals surface area contributed by atoms with Crippen LogP contribution in [0, 0.1) is 5.92 Å². The molecule has 3 N–H and O–H groups in total. The smallest absolute Gasteiger partial charge is 0.208 e. The molecule has 1 aliphatic rings. The zero-order chi connectivity index (χ0) is 14.1. The van der Waals surface area contributed by atoms with Gasteiger partial charge in [-0.1, -0.05) is 6.92 Å².